The zero-order valence-electron chi connectivity index (χ0n) is 15.9. The van der Waals surface area contributed by atoms with Gasteiger partial charge in [-0.25, -0.2) is 0 Å². The van der Waals surface area contributed by atoms with E-state index in [-0.39, 0.29) is 35.5 Å². The summed E-state index contributed by atoms with van der Waals surface area (Å²) in [5.74, 6) is 0.980. The van der Waals surface area contributed by atoms with Gasteiger partial charge in [0.05, 0.1) is 16.2 Å². The SMILES string of the molecule is CCNC(=NCCc1ccc(Cl)s1)NCCN1C(=O)C2C3C=CC(C3)C2C1=O. The predicted octanol–water partition coefficient (Wildman–Crippen LogP) is 2.31. The van der Waals surface area contributed by atoms with Gasteiger partial charge in [-0.15, -0.1) is 11.3 Å². The molecule has 0 aromatic carbocycles. The number of halogens is 1. The second-order valence-electron chi connectivity index (χ2n) is 7.47. The first-order chi connectivity index (χ1) is 13.6. The topological polar surface area (TPSA) is 73.8 Å². The minimum absolute atomic E-state index is 0.00478. The molecule has 4 unspecified atom stereocenters. The van der Waals surface area contributed by atoms with Gasteiger partial charge in [0.2, 0.25) is 11.8 Å². The number of carbonyl (C=O) groups excluding carboxylic acids is 2. The average molecular weight is 421 g/mol. The largest absolute Gasteiger partial charge is 0.357 e. The van der Waals surface area contributed by atoms with Gasteiger partial charge in [0.1, 0.15) is 0 Å². The summed E-state index contributed by atoms with van der Waals surface area (Å²) in [6.07, 6.45) is 6.03. The average Bonchev–Trinajstić information content (AvgIpc) is 3.43. The van der Waals surface area contributed by atoms with Crippen LogP contribution in [0.4, 0.5) is 0 Å². The number of thiophene rings is 1. The fourth-order valence-electron chi connectivity index (χ4n) is 4.58. The molecular formula is C20H25ClN4O2S. The van der Waals surface area contributed by atoms with Gasteiger partial charge in [-0.05, 0) is 37.3 Å². The summed E-state index contributed by atoms with van der Waals surface area (Å²) in [4.78, 5) is 32.6. The van der Waals surface area contributed by atoms with Crippen LogP contribution in [0.25, 0.3) is 0 Å². The molecule has 1 saturated heterocycles. The zero-order chi connectivity index (χ0) is 19.7. The first-order valence-corrected chi connectivity index (χ1v) is 11.1. The van der Waals surface area contributed by atoms with Gasteiger partial charge < -0.3 is 10.6 Å². The molecular weight excluding hydrogens is 396 g/mol. The quantitative estimate of drug-likeness (QED) is 0.307. The number of hydrogen-bond donors (Lipinski definition) is 2. The third-order valence-electron chi connectivity index (χ3n) is 5.79. The summed E-state index contributed by atoms with van der Waals surface area (Å²) >= 11 is 7.53. The Labute approximate surface area is 174 Å². The molecule has 2 aliphatic carbocycles. The Morgan fingerprint density at radius 3 is 2.54 bits per heavy atom. The lowest BCUT2D eigenvalue weighted by molar-refractivity contribution is -0.140. The van der Waals surface area contributed by atoms with Crippen molar-refractivity contribution in [3.63, 3.8) is 0 Å². The first-order valence-electron chi connectivity index (χ1n) is 9.88. The van der Waals surface area contributed by atoms with E-state index >= 15 is 0 Å². The van der Waals surface area contributed by atoms with Crippen molar-refractivity contribution in [1.29, 1.82) is 0 Å². The Morgan fingerprint density at radius 2 is 1.93 bits per heavy atom. The van der Waals surface area contributed by atoms with E-state index in [0.29, 0.717) is 25.6 Å². The molecule has 4 rings (SSSR count). The van der Waals surface area contributed by atoms with Gasteiger partial charge >= 0.3 is 0 Å². The van der Waals surface area contributed by atoms with E-state index in [2.05, 4.69) is 27.8 Å². The van der Waals surface area contributed by atoms with Crippen molar-refractivity contribution in [2.45, 2.75) is 19.8 Å². The van der Waals surface area contributed by atoms with Crippen LogP contribution >= 0.6 is 22.9 Å². The van der Waals surface area contributed by atoms with E-state index in [0.717, 1.165) is 23.7 Å². The van der Waals surface area contributed by atoms with Gasteiger partial charge in [0.15, 0.2) is 5.96 Å². The normalized spacial score (nSPS) is 28.4. The van der Waals surface area contributed by atoms with Crippen LogP contribution in [0.1, 0.15) is 18.2 Å². The van der Waals surface area contributed by atoms with Gasteiger partial charge in [-0.3, -0.25) is 19.5 Å². The molecule has 1 saturated carbocycles. The Hall–Kier alpha value is -1.86. The van der Waals surface area contributed by atoms with Crippen molar-refractivity contribution < 1.29 is 9.59 Å². The van der Waals surface area contributed by atoms with E-state index in [1.165, 1.54) is 9.78 Å². The Kier molecular flexibility index (Phi) is 5.73. The lowest BCUT2D eigenvalue weighted by atomic mass is 9.85. The first kappa shape index (κ1) is 19.5. The number of imide groups is 1. The number of hydrogen-bond acceptors (Lipinski definition) is 4. The van der Waals surface area contributed by atoms with E-state index < -0.39 is 0 Å². The predicted molar refractivity (Wildman–Crippen MR) is 111 cm³/mol. The highest BCUT2D eigenvalue weighted by atomic mass is 35.5. The van der Waals surface area contributed by atoms with Gasteiger partial charge in [0.25, 0.3) is 0 Å². The molecule has 2 heterocycles. The lowest BCUT2D eigenvalue weighted by Gasteiger charge is -2.18. The van der Waals surface area contributed by atoms with E-state index in [4.69, 9.17) is 11.6 Å². The highest BCUT2D eigenvalue weighted by molar-refractivity contribution is 7.16. The molecule has 2 bridgehead atoms. The van der Waals surface area contributed by atoms with Crippen molar-refractivity contribution in [3.05, 3.63) is 33.5 Å². The van der Waals surface area contributed by atoms with Crippen LogP contribution in [0.15, 0.2) is 29.3 Å². The Balaban J connectivity index is 1.28. The van der Waals surface area contributed by atoms with Crippen molar-refractivity contribution in [3.8, 4) is 0 Å². The van der Waals surface area contributed by atoms with Crippen molar-refractivity contribution >= 4 is 40.7 Å². The maximum Gasteiger partial charge on any atom is 0.233 e. The monoisotopic (exact) mass is 420 g/mol. The van der Waals surface area contributed by atoms with Crippen LogP contribution in [0.2, 0.25) is 4.34 Å². The number of nitrogens with one attached hydrogen (secondary N) is 2. The summed E-state index contributed by atoms with van der Waals surface area (Å²) in [6, 6.07) is 3.92. The van der Waals surface area contributed by atoms with Crippen molar-refractivity contribution in [2.24, 2.45) is 28.7 Å². The maximum atomic E-state index is 12.7. The van der Waals surface area contributed by atoms with Crippen molar-refractivity contribution in [2.75, 3.05) is 26.2 Å². The van der Waals surface area contributed by atoms with Crippen LogP contribution in [0.5, 0.6) is 0 Å². The smallest absolute Gasteiger partial charge is 0.233 e. The van der Waals surface area contributed by atoms with Gasteiger partial charge in [-0.2, -0.15) is 0 Å². The molecule has 8 heteroatoms. The summed E-state index contributed by atoms with van der Waals surface area (Å²) in [6.45, 7) is 4.28. The number of aliphatic imine (C=N–C) groups is 1. The summed E-state index contributed by atoms with van der Waals surface area (Å²) in [5.41, 5.74) is 0. The molecule has 4 atom stereocenters. The molecule has 2 N–H and O–H groups in total. The molecule has 1 aromatic rings. The van der Waals surface area contributed by atoms with E-state index in [9.17, 15) is 9.59 Å². The number of rotatable bonds is 7. The van der Waals surface area contributed by atoms with Crippen LogP contribution in [0, 0.1) is 23.7 Å². The maximum absolute atomic E-state index is 12.7. The second-order valence-corrected chi connectivity index (χ2v) is 9.27. The molecule has 1 aliphatic heterocycles. The fourth-order valence-corrected chi connectivity index (χ4v) is 5.65. The number of allylic oxidation sites excluding steroid dienone is 2. The number of likely N-dealkylation sites (tertiary alicyclic amines) is 1. The Bertz CT molecular complexity index is 791. The number of carbonyl (C=O) groups is 2. The Morgan fingerprint density at radius 1 is 1.21 bits per heavy atom. The molecule has 3 aliphatic rings. The van der Waals surface area contributed by atoms with Crippen molar-refractivity contribution in [1.82, 2.24) is 15.5 Å². The van der Waals surface area contributed by atoms with Gasteiger partial charge in [-0.1, -0.05) is 23.8 Å². The summed E-state index contributed by atoms with van der Waals surface area (Å²) in [7, 11) is 0. The zero-order valence-corrected chi connectivity index (χ0v) is 17.4. The van der Waals surface area contributed by atoms with E-state index in [1.807, 2.05) is 19.1 Å². The molecule has 0 spiro atoms. The molecule has 150 valence electrons. The van der Waals surface area contributed by atoms with Crippen LogP contribution in [0.3, 0.4) is 0 Å². The second kappa shape index (κ2) is 8.25. The number of nitrogens with zero attached hydrogens (tertiary/aromatic N) is 2. The molecule has 28 heavy (non-hydrogen) atoms. The molecule has 2 amide bonds. The molecule has 0 radical (unpaired) electrons. The number of amides is 2. The minimum atomic E-state index is -0.123. The standard InChI is InChI=1S/C20H25ClN4O2S/c1-2-22-20(23-8-7-14-5-6-15(21)28-14)24-9-10-25-18(26)16-12-3-4-13(11-12)17(16)19(25)27/h3-6,12-13,16-17H,2,7-11H2,1H3,(H2,22,23,24). The third-order valence-corrected chi connectivity index (χ3v) is 7.08. The number of guanidine groups is 1. The highest BCUT2D eigenvalue weighted by Gasteiger charge is 2.58. The van der Waals surface area contributed by atoms with Gasteiger partial charge in [0, 0.05) is 37.5 Å². The van der Waals surface area contributed by atoms with E-state index in [1.54, 1.807) is 11.3 Å². The van der Waals surface area contributed by atoms with Crippen LogP contribution < -0.4 is 10.6 Å². The number of fused-ring (bicyclic) bond motifs is 5. The fraction of sp³-hybridized carbons (Fsp3) is 0.550. The minimum Gasteiger partial charge on any atom is -0.357 e. The summed E-state index contributed by atoms with van der Waals surface area (Å²) in [5, 5.41) is 6.44. The van der Waals surface area contributed by atoms with Crippen LogP contribution in [-0.4, -0.2) is 48.9 Å². The van der Waals surface area contributed by atoms with Crippen LogP contribution in [-0.2, 0) is 16.0 Å². The molecule has 2 fully saturated rings. The third kappa shape index (κ3) is 3.70. The highest BCUT2D eigenvalue weighted by Crippen LogP contribution is 2.52. The summed E-state index contributed by atoms with van der Waals surface area (Å²) < 4.78 is 0.789. The molecule has 1 aromatic heterocycles. The lowest BCUT2D eigenvalue weighted by Crippen LogP contribution is -2.43. The molecule has 6 nitrogen and oxygen atoms in total.